The third-order valence-corrected chi connectivity index (χ3v) is 2.61. The third kappa shape index (κ3) is 0.941. The molecule has 0 N–H and O–H groups in total. The second-order valence-corrected chi connectivity index (χ2v) is 3.46. The molecule has 9 heavy (non-hydrogen) atoms. The van der Waals surface area contributed by atoms with Crippen molar-refractivity contribution in [2.24, 2.45) is 5.92 Å². The summed E-state index contributed by atoms with van der Waals surface area (Å²) in [6.45, 7) is 1.62. The first-order chi connectivity index (χ1) is 4.13. The molecular weight excluding hydrogens is 140 g/mol. The van der Waals surface area contributed by atoms with E-state index in [0.717, 1.165) is 0 Å². The third-order valence-electron chi connectivity index (χ3n) is 1.26. The Morgan fingerprint density at radius 3 is 2.22 bits per heavy atom. The summed E-state index contributed by atoms with van der Waals surface area (Å²) in [7, 11) is -1.82. The van der Waals surface area contributed by atoms with Gasteiger partial charge in [-0.2, -0.15) is 0 Å². The second kappa shape index (κ2) is 2.02. The Kier molecular flexibility index (Phi) is 1.48. The van der Waals surface area contributed by atoms with Crippen molar-refractivity contribution < 1.29 is 13.8 Å². The minimum atomic E-state index is -1.82. The fourth-order valence-corrected chi connectivity index (χ4v) is 1.78. The molecule has 3 nitrogen and oxygen atoms in total. The summed E-state index contributed by atoms with van der Waals surface area (Å²) in [5.41, 5.74) is 0. The van der Waals surface area contributed by atoms with Crippen molar-refractivity contribution in [1.29, 1.82) is 0 Å². The van der Waals surface area contributed by atoms with Gasteiger partial charge in [-0.05, 0) is 0 Å². The molecular formula is C5H6O3S. The van der Waals surface area contributed by atoms with Crippen LogP contribution in [-0.4, -0.2) is 14.4 Å². The predicted molar refractivity (Wildman–Crippen MR) is 31.9 cm³/mol. The van der Waals surface area contributed by atoms with Crippen LogP contribution in [0.1, 0.15) is 13.3 Å². The molecule has 1 saturated heterocycles. The van der Waals surface area contributed by atoms with Crippen LogP contribution in [0, 0.1) is 5.92 Å². The van der Waals surface area contributed by atoms with E-state index in [1.165, 1.54) is 0 Å². The first kappa shape index (κ1) is 6.61. The molecule has 1 fully saturated rings. The smallest absolute Gasteiger partial charge is 0.229 e. The van der Waals surface area contributed by atoms with Gasteiger partial charge in [-0.15, -0.1) is 0 Å². The highest BCUT2D eigenvalue weighted by Crippen LogP contribution is 2.17. The van der Waals surface area contributed by atoms with E-state index in [2.05, 4.69) is 0 Å². The standard InChI is InChI=1S/C5H6O3S/c1-3-2-4(6)9(8)5(3)7/h3H,2H2,1H3/t3-,9+/m1/s1. The van der Waals surface area contributed by atoms with Crippen LogP contribution in [0.5, 0.6) is 0 Å². The van der Waals surface area contributed by atoms with Crippen LogP contribution in [0.4, 0.5) is 0 Å². The lowest BCUT2D eigenvalue weighted by Crippen LogP contribution is -2.06. The zero-order valence-corrected chi connectivity index (χ0v) is 5.73. The Bertz CT molecular complexity index is 196. The van der Waals surface area contributed by atoms with Crippen molar-refractivity contribution in [2.75, 3.05) is 0 Å². The normalized spacial score (nSPS) is 35.7. The van der Waals surface area contributed by atoms with Gasteiger partial charge in [-0.1, -0.05) is 6.92 Å². The van der Waals surface area contributed by atoms with Crippen LogP contribution < -0.4 is 0 Å². The van der Waals surface area contributed by atoms with Crippen LogP contribution in [0.3, 0.4) is 0 Å². The molecule has 0 unspecified atom stereocenters. The van der Waals surface area contributed by atoms with Crippen molar-refractivity contribution in [1.82, 2.24) is 0 Å². The van der Waals surface area contributed by atoms with Gasteiger partial charge >= 0.3 is 0 Å². The van der Waals surface area contributed by atoms with Crippen molar-refractivity contribution in [3.63, 3.8) is 0 Å². The van der Waals surface area contributed by atoms with Crippen molar-refractivity contribution in [3.8, 4) is 0 Å². The van der Waals surface area contributed by atoms with Crippen LogP contribution >= 0.6 is 0 Å². The van der Waals surface area contributed by atoms with Crippen LogP contribution in [0.15, 0.2) is 0 Å². The fraction of sp³-hybridized carbons (Fsp3) is 0.600. The number of hydrogen-bond acceptors (Lipinski definition) is 3. The van der Waals surface area contributed by atoms with Gasteiger partial charge in [0, 0.05) is 12.3 Å². The number of carbonyl (C=O) groups excluding carboxylic acids is 2. The molecule has 50 valence electrons. The summed E-state index contributed by atoms with van der Waals surface area (Å²) in [6, 6.07) is 0. The summed E-state index contributed by atoms with van der Waals surface area (Å²) < 4.78 is 10.5. The minimum Gasteiger partial charge on any atom is -0.284 e. The maximum absolute atomic E-state index is 10.6. The molecule has 1 aliphatic heterocycles. The van der Waals surface area contributed by atoms with Crippen molar-refractivity contribution in [3.05, 3.63) is 0 Å². The van der Waals surface area contributed by atoms with Gasteiger partial charge in [-0.3, -0.25) is 9.59 Å². The lowest BCUT2D eigenvalue weighted by atomic mass is 10.1. The largest absolute Gasteiger partial charge is 0.284 e. The summed E-state index contributed by atoms with van der Waals surface area (Å²) in [5.74, 6) is -0.321. The van der Waals surface area contributed by atoms with Crippen LogP contribution in [0.2, 0.25) is 0 Å². The van der Waals surface area contributed by atoms with E-state index in [-0.39, 0.29) is 12.3 Å². The zero-order chi connectivity index (χ0) is 7.02. The molecule has 1 aliphatic rings. The average molecular weight is 146 g/mol. The van der Waals surface area contributed by atoms with Crippen molar-refractivity contribution in [2.45, 2.75) is 13.3 Å². The Morgan fingerprint density at radius 1 is 1.56 bits per heavy atom. The minimum absolute atomic E-state index is 0.158. The number of hydrogen-bond donors (Lipinski definition) is 0. The maximum Gasteiger partial charge on any atom is 0.229 e. The topological polar surface area (TPSA) is 51.2 Å². The summed E-state index contributed by atoms with van der Waals surface area (Å²) in [5, 5.41) is -0.840. The molecule has 0 radical (unpaired) electrons. The number of rotatable bonds is 0. The molecule has 0 spiro atoms. The van der Waals surface area contributed by atoms with Gasteiger partial charge in [0.1, 0.15) is 0 Å². The van der Waals surface area contributed by atoms with Gasteiger partial charge in [0.2, 0.25) is 10.2 Å². The van der Waals surface area contributed by atoms with Crippen LogP contribution in [-0.2, 0) is 20.4 Å². The first-order valence-electron chi connectivity index (χ1n) is 2.61. The Labute approximate surface area is 54.9 Å². The second-order valence-electron chi connectivity index (χ2n) is 2.06. The molecule has 1 heterocycles. The zero-order valence-electron chi connectivity index (χ0n) is 4.92. The lowest BCUT2D eigenvalue weighted by molar-refractivity contribution is -0.115. The quantitative estimate of drug-likeness (QED) is 0.476. The molecule has 0 bridgehead atoms. The monoisotopic (exact) mass is 146 g/mol. The van der Waals surface area contributed by atoms with E-state index in [1.807, 2.05) is 0 Å². The van der Waals surface area contributed by atoms with E-state index in [1.54, 1.807) is 6.92 Å². The van der Waals surface area contributed by atoms with E-state index >= 15 is 0 Å². The highest BCUT2D eigenvalue weighted by atomic mass is 32.2. The van der Waals surface area contributed by atoms with E-state index in [0.29, 0.717) is 0 Å². The average Bonchev–Trinajstić information content (AvgIpc) is 1.98. The lowest BCUT2D eigenvalue weighted by Gasteiger charge is -1.87. The van der Waals surface area contributed by atoms with Gasteiger partial charge in [-0.25, -0.2) is 4.21 Å². The van der Waals surface area contributed by atoms with E-state index in [9.17, 15) is 13.8 Å². The van der Waals surface area contributed by atoms with E-state index in [4.69, 9.17) is 0 Å². The highest BCUT2D eigenvalue weighted by Gasteiger charge is 2.35. The molecule has 0 aromatic carbocycles. The maximum atomic E-state index is 10.6. The summed E-state index contributed by atoms with van der Waals surface area (Å²) >= 11 is 0. The van der Waals surface area contributed by atoms with Gasteiger partial charge in [0.05, 0.1) is 0 Å². The van der Waals surface area contributed by atoms with Gasteiger partial charge < -0.3 is 0 Å². The Hall–Kier alpha value is -0.510. The highest BCUT2D eigenvalue weighted by molar-refractivity contribution is 8.14. The molecule has 0 amide bonds. The summed E-state index contributed by atoms with van der Waals surface area (Å²) in [4.78, 5) is 21.1. The Balaban J connectivity index is 2.90. The fourth-order valence-electron chi connectivity index (χ4n) is 0.704. The van der Waals surface area contributed by atoms with Crippen LogP contribution in [0.25, 0.3) is 0 Å². The van der Waals surface area contributed by atoms with Crippen molar-refractivity contribution >= 4 is 21.0 Å². The van der Waals surface area contributed by atoms with Gasteiger partial charge in [0.25, 0.3) is 0 Å². The molecule has 0 aromatic heterocycles. The van der Waals surface area contributed by atoms with E-state index < -0.39 is 21.0 Å². The molecule has 0 aromatic rings. The summed E-state index contributed by atoms with van der Waals surface area (Å²) in [6.07, 6.45) is 0.158. The molecule has 0 saturated carbocycles. The first-order valence-corrected chi connectivity index (χ1v) is 3.76. The molecule has 2 atom stereocenters. The SMILES string of the molecule is C[C@@H]1CC(=O)[S@](=O)C1=O. The molecule has 0 aliphatic carbocycles. The number of carbonyl (C=O) groups is 2. The van der Waals surface area contributed by atoms with Gasteiger partial charge in [0.15, 0.2) is 10.8 Å². The molecule has 4 heteroatoms. The Morgan fingerprint density at radius 2 is 2.11 bits per heavy atom. The predicted octanol–water partition coefficient (Wildman–Crippen LogP) is -0.172. The molecule has 1 rings (SSSR count).